The van der Waals surface area contributed by atoms with Crippen LogP contribution in [0.5, 0.6) is 5.75 Å². The van der Waals surface area contributed by atoms with Crippen LogP contribution in [0.3, 0.4) is 0 Å². The average Bonchev–Trinajstić information content (AvgIpc) is 3.14. The van der Waals surface area contributed by atoms with Crippen LogP contribution in [0.15, 0.2) is 59.0 Å². The number of carbonyl (C=O) groups excluding carboxylic acids is 1. The Morgan fingerprint density at radius 1 is 1.25 bits per heavy atom. The second kappa shape index (κ2) is 8.58. The number of anilines is 1. The molecule has 0 radical (unpaired) electrons. The molecule has 0 fully saturated rings. The summed E-state index contributed by atoms with van der Waals surface area (Å²) in [4.78, 5) is 22.2. The SMILES string of the molecule is COc1ccc(Cc2nnc(NC(=O)C=Cc3cccc([N+](=O)[O-])c3)o2)cc1. The van der Waals surface area contributed by atoms with Gasteiger partial charge in [-0.15, -0.1) is 5.10 Å². The molecule has 0 aliphatic rings. The molecule has 0 spiro atoms. The Morgan fingerprint density at radius 2 is 2.04 bits per heavy atom. The lowest BCUT2D eigenvalue weighted by molar-refractivity contribution is -0.384. The average molecular weight is 380 g/mol. The Hall–Kier alpha value is -4.01. The van der Waals surface area contributed by atoms with Gasteiger partial charge in [0.2, 0.25) is 5.89 Å². The molecule has 9 heteroatoms. The van der Waals surface area contributed by atoms with Gasteiger partial charge in [-0.05, 0) is 29.3 Å². The van der Waals surface area contributed by atoms with Crippen molar-refractivity contribution in [3.8, 4) is 5.75 Å². The number of ether oxygens (including phenoxy) is 1. The normalized spacial score (nSPS) is 10.8. The van der Waals surface area contributed by atoms with Crippen molar-refractivity contribution < 1.29 is 18.9 Å². The highest BCUT2D eigenvalue weighted by atomic mass is 16.6. The molecule has 1 heterocycles. The van der Waals surface area contributed by atoms with Crippen LogP contribution in [-0.2, 0) is 11.2 Å². The molecule has 28 heavy (non-hydrogen) atoms. The third-order valence-electron chi connectivity index (χ3n) is 3.72. The van der Waals surface area contributed by atoms with Crippen LogP contribution in [0.25, 0.3) is 6.08 Å². The number of methoxy groups -OCH3 is 1. The van der Waals surface area contributed by atoms with Gasteiger partial charge in [-0.1, -0.05) is 29.4 Å². The zero-order valence-electron chi connectivity index (χ0n) is 14.9. The van der Waals surface area contributed by atoms with Crippen molar-refractivity contribution in [2.75, 3.05) is 12.4 Å². The monoisotopic (exact) mass is 380 g/mol. The molecular formula is C19H16N4O5. The van der Waals surface area contributed by atoms with Gasteiger partial charge in [0.1, 0.15) is 5.75 Å². The maximum Gasteiger partial charge on any atom is 0.322 e. The van der Waals surface area contributed by atoms with Gasteiger partial charge in [-0.2, -0.15) is 0 Å². The first-order valence-corrected chi connectivity index (χ1v) is 8.22. The van der Waals surface area contributed by atoms with Crippen LogP contribution >= 0.6 is 0 Å². The molecular weight excluding hydrogens is 364 g/mol. The first-order valence-electron chi connectivity index (χ1n) is 8.22. The van der Waals surface area contributed by atoms with E-state index in [4.69, 9.17) is 9.15 Å². The van der Waals surface area contributed by atoms with Crippen molar-refractivity contribution in [3.63, 3.8) is 0 Å². The molecule has 0 saturated heterocycles. The Bertz CT molecular complexity index is 1010. The van der Waals surface area contributed by atoms with Gasteiger partial charge in [0.15, 0.2) is 0 Å². The van der Waals surface area contributed by atoms with Gasteiger partial charge in [0.25, 0.3) is 11.6 Å². The maximum atomic E-state index is 12.0. The van der Waals surface area contributed by atoms with E-state index >= 15 is 0 Å². The predicted octanol–water partition coefficient (Wildman–Crippen LogP) is 3.23. The zero-order chi connectivity index (χ0) is 19.9. The summed E-state index contributed by atoms with van der Waals surface area (Å²) >= 11 is 0. The van der Waals surface area contributed by atoms with Crippen molar-refractivity contribution in [1.29, 1.82) is 0 Å². The molecule has 1 aromatic heterocycles. The summed E-state index contributed by atoms with van der Waals surface area (Å²) in [5.74, 6) is 0.604. The lowest BCUT2D eigenvalue weighted by Gasteiger charge is -2.00. The van der Waals surface area contributed by atoms with E-state index in [-0.39, 0.29) is 11.7 Å². The van der Waals surface area contributed by atoms with Crippen molar-refractivity contribution >= 4 is 23.7 Å². The van der Waals surface area contributed by atoms with Gasteiger partial charge in [0, 0.05) is 18.2 Å². The predicted molar refractivity (Wildman–Crippen MR) is 101 cm³/mol. The Balaban J connectivity index is 1.58. The number of aromatic nitrogens is 2. The quantitative estimate of drug-likeness (QED) is 0.379. The standard InChI is InChI=1S/C19H16N4O5/c1-27-16-8-5-14(6-9-16)12-18-21-22-19(28-18)20-17(24)10-7-13-3-2-4-15(11-13)23(25)26/h2-11H,12H2,1H3,(H,20,22,24). The number of benzene rings is 2. The summed E-state index contributed by atoms with van der Waals surface area (Å²) in [7, 11) is 1.59. The van der Waals surface area contributed by atoms with Crippen molar-refractivity contribution in [2.45, 2.75) is 6.42 Å². The molecule has 9 nitrogen and oxygen atoms in total. The van der Waals surface area contributed by atoms with Crippen LogP contribution < -0.4 is 10.1 Å². The molecule has 1 amide bonds. The van der Waals surface area contributed by atoms with E-state index in [0.717, 1.165) is 11.3 Å². The number of rotatable bonds is 7. The number of nitro benzene ring substituents is 1. The number of nitrogens with zero attached hydrogens (tertiary/aromatic N) is 3. The Morgan fingerprint density at radius 3 is 2.75 bits per heavy atom. The van der Waals surface area contributed by atoms with Crippen LogP contribution in [0.2, 0.25) is 0 Å². The third kappa shape index (κ3) is 5.01. The Kier molecular flexibility index (Phi) is 5.75. The summed E-state index contributed by atoms with van der Waals surface area (Å²) in [6.45, 7) is 0. The zero-order valence-corrected chi connectivity index (χ0v) is 14.9. The largest absolute Gasteiger partial charge is 0.497 e. The minimum atomic E-state index is -0.500. The number of hydrogen-bond donors (Lipinski definition) is 1. The van der Waals surface area contributed by atoms with E-state index < -0.39 is 10.8 Å². The van der Waals surface area contributed by atoms with E-state index in [0.29, 0.717) is 17.9 Å². The van der Waals surface area contributed by atoms with Gasteiger partial charge in [-0.3, -0.25) is 20.2 Å². The van der Waals surface area contributed by atoms with Crippen LogP contribution in [-0.4, -0.2) is 28.1 Å². The van der Waals surface area contributed by atoms with Gasteiger partial charge >= 0.3 is 6.01 Å². The minimum Gasteiger partial charge on any atom is -0.497 e. The Labute approximate surface area is 159 Å². The topological polar surface area (TPSA) is 120 Å². The first kappa shape index (κ1) is 18.8. The van der Waals surface area contributed by atoms with E-state index in [2.05, 4.69) is 15.5 Å². The second-order valence-electron chi connectivity index (χ2n) is 5.70. The van der Waals surface area contributed by atoms with E-state index in [1.165, 1.54) is 24.3 Å². The van der Waals surface area contributed by atoms with Gasteiger partial charge < -0.3 is 9.15 Å². The van der Waals surface area contributed by atoms with Crippen LogP contribution in [0.4, 0.5) is 11.7 Å². The molecule has 0 aliphatic carbocycles. The van der Waals surface area contributed by atoms with E-state index in [1.807, 2.05) is 24.3 Å². The number of carbonyl (C=O) groups is 1. The summed E-state index contributed by atoms with van der Waals surface area (Å²) < 4.78 is 10.5. The molecule has 142 valence electrons. The first-order chi connectivity index (χ1) is 13.5. The maximum absolute atomic E-state index is 12.0. The van der Waals surface area contributed by atoms with Crippen molar-refractivity contribution in [2.24, 2.45) is 0 Å². The van der Waals surface area contributed by atoms with E-state index in [1.54, 1.807) is 19.2 Å². The fourth-order valence-electron chi connectivity index (χ4n) is 2.35. The summed E-state index contributed by atoms with van der Waals surface area (Å²) in [6, 6.07) is 13.3. The molecule has 0 unspecified atom stereocenters. The van der Waals surface area contributed by atoms with Crippen LogP contribution in [0, 0.1) is 10.1 Å². The van der Waals surface area contributed by atoms with Crippen LogP contribution in [0.1, 0.15) is 17.0 Å². The summed E-state index contributed by atoms with van der Waals surface area (Å²) in [5, 5.41) is 20.9. The van der Waals surface area contributed by atoms with E-state index in [9.17, 15) is 14.9 Å². The lowest BCUT2D eigenvalue weighted by atomic mass is 10.1. The molecule has 3 aromatic rings. The molecule has 1 N–H and O–H groups in total. The number of amides is 1. The molecule has 0 bridgehead atoms. The molecule has 0 saturated carbocycles. The number of non-ortho nitro benzene ring substituents is 1. The fraction of sp³-hybridized carbons (Fsp3) is 0.105. The highest BCUT2D eigenvalue weighted by Crippen LogP contribution is 2.16. The summed E-state index contributed by atoms with van der Waals surface area (Å²) in [5.41, 5.74) is 1.42. The minimum absolute atomic E-state index is 0.0304. The molecule has 2 aromatic carbocycles. The smallest absolute Gasteiger partial charge is 0.322 e. The van der Waals surface area contributed by atoms with Gasteiger partial charge in [-0.25, -0.2) is 0 Å². The molecule has 3 rings (SSSR count). The lowest BCUT2D eigenvalue weighted by Crippen LogP contribution is -2.07. The number of hydrogen-bond acceptors (Lipinski definition) is 7. The molecule has 0 aliphatic heterocycles. The van der Waals surface area contributed by atoms with Gasteiger partial charge in [0.05, 0.1) is 18.5 Å². The highest BCUT2D eigenvalue weighted by Gasteiger charge is 2.09. The highest BCUT2D eigenvalue weighted by molar-refractivity contribution is 6.00. The van der Waals surface area contributed by atoms with Crippen molar-refractivity contribution in [1.82, 2.24) is 10.2 Å². The fourth-order valence-corrected chi connectivity index (χ4v) is 2.35. The number of nitrogens with one attached hydrogen (secondary N) is 1. The van der Waals surface area contributed by atoms with Crippen molar-refractivity contribution in [3.05, 3.63) is 81.7 Å². The second-order valence-corrected chi connectivity index (χ2v) is 5.70. The number of nitro groups is 1. The third-order valence-corrected chi connectivity index (χ3v) is 3.72. The summed E-state index contributed by atoms with van der Waals surface area (Å²) in [6.07, 6.45) is 3.10. The molecule has 0 atom stereocenters.